The van der Waals surface area contributed by atoms with Crippen molar-refractivity contribution in [1.29, 1.82) is 0 Å². The van der Waals surface area contributed by atoms with E-state index in [1.54, 1.807) is 24.1 Å². The molecule has 2 N–H and O–H groups in total. The van der Waals surface area contributed by atoms with Crippen molar-refractivity contribution < 1.29 is 14.6 Å². The van der Waals surface area contributed by atoms with E-state index >= 15 is 0 Å². The summed E-state index contributed by atoms with van der Waals surface area (Å²) in [6.07, 6.45) is 2.08. The molecular weight excluding hydrogens is 282 g/mol. The van der Waals surface area contributed by atoms with Gasteiger partial charge >= 0.3 is 0 Å². The molecule has 1 amide bonds. The van der Waals surface area contributed by atoms with Crippen molar-refractivity contribution in [3.63, 3.8) is 0 Å². The van der Waals surface area contributed by atoms with Crippen molar-refractivity contribution >= 4 is 23.3 Å². The zero-order valence-electron chi connectivity index (χ0n) is 11.3. The molecule has 0 saturated carbocycles. The summed E-state index contributed by atoms with van der Waals surface area (Å²) in [5.74, 6) is 0.483. The molecule has 1 fully saturated rings. The molecule has 1 aromatic rings. The molecule has 2 heterocycles. The van der Waals surface area contributed by atoms with E-state index in [1.807, 2.05) is 0 Å². The molecule has 0 aliphatic carbocycles. The average Bonchev–Trinajstić information content (AvgIpc) is 2.85. The highest BCUT2D eigenvalue weighted by atomic mass is 35.5. The van der Waals surface area contributed by atoms with Gasteiger partial charge in [-0.3, -0.25) is 4.79 Å². The standard InChI is InChI=1S/C13H18ClN3O3/c1-17(11-3-2-10(14)6-15-11)7-12(18)16-8-13(19)4-5-20-9-13/h2-3,6,19H,4-5,7-9H2,1H3,(H,16,18). The monoisotopic (exact) mass is 299 g/mol. The van der Waals surface area contributed by atoms with Gasteiger partial charge in [0.15, 0.2) is 0 Å². The first-order valence-corrected chi connectivity index (χ1v) is 6.76. The van der Waals surface area contributed by atoms with Gasteiger partial charge in [0.2, 0.25) is 5.91 Å². The van der Waals surface area contributed by atoms with Crippen LogP contribution in [0, 0.1) is 0 Å². The molecule has 1 aliphatic rings. The van der Waals surface area contributed by atoms with Crippen molar-refractivity contribution in [2.45, 2.75) is 12.0 Å². The number of ether oxygens (including phenoxy) is 1. The number of nitrogens with one attached hydrogen (secondary N) is 1. The van der Waals surface area contributed by atoms with Crippen LogP contribution in [0.3, 0.4) is 0 Å². The zero-order valence-corrected chi connectivity index (χ0v) is 12.1. The topological polar surface area (TPSA) is 74.7 Å². The molecule has 110 valence electrons. The van der Waals surface area contributed by atoms with Crippen LogP contribution in [0.4, 0.5) is 5.82 Å². The smallest absolute Gasteiger partial charge is 0.239 e. The molecule has 0 bridgehead atoms. The van der Waals surface area contributed by atoms with Gasteiger partial charge in [0.1, 0.15) is 11.4 Å². The molecule has 1 atom stereocenters. The van der Waals surface area contributed by atoms with E-state index < -0.39 is 5.60 Å². The van der Waals surface area contributed by atoms with Crippen LogP contribution in [0.25, 0.3) is 0 Å². The molecule has 1 aromatic heterocycles. The molecule has 0 aromatic carbocycles. The summed E-state index contributed by atoms with van der Waals surface area (Å²) < 4.78 is 5.12. The second-order valence-corrected chi connectivity index (χ2v) is 5.43. The first-order valence-electron chi connectivity index (χ1n) is 6.38. The Bertz CT molecular complexity index is 460. The Hall–Kier alpha value is -1.37. The summed E-state index contributed by atoms with van der Waals surface area (Å²) >= 11 is 5.76. The highest BCUT2D eigenvalue weighted by Gasteiger charge is 2.32. The first-order chi connectivity index (χ1) is 9.48. The maximum atomic E-state index is 11.8. The quantitative estimate of drug-likeness (QED) is 0.825. The maximum absolute atomic E-state index is 11.8. The van der Waals surface area contributed by atoms with Gasteiger partial charge in [-0.2, -0.15) is 0 Å². The summed E-state index contributed by atoms with van der Waals surface area (Å²) in [5, 5.41) is 13.3. The van der Waals surface area contributed by atoms with E-state index in [9.17, 15) is 9.90 Å². The SMILES string of the molecule is CN(CC(=O)NCC1(O)CCOC1)c1ccc(Cl)cn1. The van der Waals surface area contributed by atoms with E-state index in [0.717, 1.165) is 0 Å². The van der Waals surface area contributed by atoms with Crippen molar-refractivity contribution in [3.8, 4) is 0 Å². The fourth-order valence-electron chi connectivity index (χ4n) is 1.95. The largest absolute Gasteiger partial charge is 0.386 e. The molecule has 1 aliphatic heterocycles. The third kappa shape index (κ3) is 4.06. The average molecular weight is 300 g/mol. The fourth-order valence-corrected chi connectivity index (χ4v) is 2.06. The van der Waals surface area contributed by atoms with Crippen LogP contribution in [0.2, 0.25) is 5.02 Å². The Balaban J connectivity index is 1.80. The molecule has 2 rings (SSSR count). The number of carbonyl (C=O) groups is 1. The van der Waals surface area contributed by atoms with E-state index in [1.165, 1.54) is 6.20 Å². The Labute approximate surface area is 122 Å². The van der Waals surface area contributed by atoms with Crippen LogP contribution in [0.5, 0.6) is 0 Å². The molecular formula is C13H18ClN3O3. The van der Waals surface area contributed by atoms with Crippen LogP contribution in [0.15, 0.2) is 18.3 Å². The predicted molar refractivity (Wildman–Crippen MR) is 75.9 cm³/mol. The molecule has 6 nitrogen and oxygen atoms in total. The highest BCUT2D eigenvalue weighted by Crippen LogP contribution is 2.17. The minimum absolute atomic E-state index is 0.158. The van der Waals surface area contributed by atoms with Crippen LogP contribution in [-0.4, -0.2) is 54.9 Å². The summed E-state index contributed by atoms with van der Waals surface area (Å²) in [7, 11) is 1.77. The molecule has 1 unspecified atom stereocenters. The Morgan fingerprint density at radius 3 is 3.05 bits per heavy atom. The number of nitrogens with zero attached hydrogens (tertiary/aromatic N) is 2. The van der Waals surface area contributed by atoms with Crippen LogP contribution >= 0.6 is 11.6 Å². The highest BCUT2D eigenvalue weighted by molar-refractivity contribution is 6.30. The van der Waals surface area contributed by atoms with E-state index in [4.69, 9.17) is 16.3 Å². The van der Waals surface area contributed by atoms with Gasteiger partial charge in [-0.05, 0) is 12.1 Å². The third-order valence-corrected chi connectivity index (χ3v) is 3.40. The number of likely N-dealkylation sites (N-methyl/N-ethyl adjacent to an activating group) is 1. The van der Waals surface area contributed by atoms with Crippen molar-refractivity contribution in [2.75, 3.05) is 38.3 Å². The summed E-state index contributed by atoms with van der Waals surface area (Å²) in [6, 6.07) is 3.46. The molecule has 0 radical (unpaired) electrons. The first kappa shape index (κ1) is 15.0. The number of halogens is 1. The number of pyridine rings is 1. The number of anilines is 1. The number of rotatable bonds is 5. The number of amides is 1. The molecule has 20 heavy (non-hydrogen) atoms. The van der Waals surface area contributed by atoms with Gasteiger partial charge in [0, 0.05) is 32.8 Å². The Morgan fingerprint density at radius 2 is 2.45 bits per heavy atom. The van der Waals surface area contributed by atoms with E-state index in [-0.39, 0.29) is 25.6 Å². The van der Waals surface area contributed by atoms with E-state index in [2.05, 4.69) is 10.3 Å². The minimum Gasteiger partial charge on any atom is -0.386 e. The lowest BCUT2D eigenvalue weighted by Gasteiger charge is -2.22. The van der Waals surface area contributed by atoms with Gasteiger partial charge in [-0.25, -0.2) is 4.98 Å². The second-order valence-electron chi connectivity index (χ2n) is 4.99. The van der Waals surface area contributed by atoms with Crippen molar-refractivity contribution in [2.24, 2.45) is 0 Å². The van der Waals surface area contributed by atoms with Crippen molar-refractivity contribution in [1.82, 2.24) is 10.3 Å². The van der Waals surface area contributed by atoms with Gasteiger partial charge in [-0.1, -0.05) is 11.6 Å². The number of aliphatic hydroxyl groups is 1. The molecule has 7 heteroatoms. The summed E-state index contributed by atoms with van der Waals surface area (Å²) in [5.41, 5.74) is -0.938. The van der Waals surface area contributed by atoms with Gasteiger partial charge < -0.3 is 20.1 Å². The number of hydrogen-bond acceptors (Lipinski definition) is 5. The Morgan fingerprint density at radius 1 is 1.65 bits per heavy atom. The van der Waals surface area contributed by atoms with Gasteiger partial charge in [0.25, 0.3) is 0 Å². The zero-order chi connectivity index (χ0) is 14.6. The number of aromatic nitrogens is 1. The number of carbonyl (C=O) groups excluding carboxylic acids is 1. The summed E-state index contributed by atoms with van der Waals surface area (Å²) in [6.45, 7) is 1.15. The van der Waals surface area contributed by atoms with Crippen LogP contribution < -0.4 is 10.2 Å². The fraction of sp³-hybridized carbons (Fsp3) is 0.538. The van der Waals surface area contributed by atoms with E-state index in [0.29, 0.717) is 23.9 Å². The lowest BCUT2D eigenvalue weighted by Crippen LogP contribution is -2.46. The normalized spacial score (nSPS) is 21.8. The van der Waals surface area contributed by atoms with Gasteiger partial charge in [-0.15, -0.1) is 0 Å². The minimum atomic E-state index is -0.938. The third-order valence-electron chi connectivity index (χ3n) is 3.18. The Kier molecular flexibility index (Phi) is 4.80. The van der Waals surface area contributed by atoms with Crippen LogP contribution in [0.1, 0.15) is 6.42 Å². The summed E-state index contributed by atoms with van der Waals surface area (Å²) in [4.78, 5) is 17.7. The van der Waals surface area contributed by atoms with Crippen LogP contribution in [-0.2, 0) is 9.53 Å². The number of hydrogen-bond donors (Lipinski definition) is 2. The lowest BCUT2D eigenvalue weighted by atomic mass is 10.0. The van der Waals surface area contributed by atoms with Crippen molar-refractivity contribution in [3.05, 3.63) is 23.4 Å². The lowest BCUT2D eigenvalue weighted by molar-refractivity contribution is -0.121. The maximum Gasteiger partial charge on any atom is 0.239 e. The second kappa shape index (κ2) is 6.39. The molecule has 1 saturated heterocycles. The predicted octanol–water partition coefficient (Wildman–Crippen LogP) is 0.439. The van der Waals surface area contributed by atoms with Gasteiger partial charge in [0.05, 0.1) is 18.2 Å². The molecule has 0 spiro atoms.